The predicted molar refractivity (Wildman–Crippen MR) is 41.9 cm³/mol. The van der Waals surface area contributed by atoms with Gasteiger partial charge < -0.3 is 5.11 Å². The van der Waals surface area contributed by atoms with Crippen molar-refractivity contribution >= 4 is 0 Å². The van der Waals surface area contributed by atoms with E-state index in [2.05, 4.69) is 24.9 Å². The van der Waals surface area contributed by atoms with Crippen LogP contribution < -0.4 is 0 Å². The van der Waals surface area contributed by atoms with Gasteiger partial charge in [-0.1, -0.05) is 11.6 Å². The molecule has 1 unspecified atom stereocenters. The van der Waals surface area contributed by atoms with E-state index >= 15 is 0 Å². The van der Waals surface area contributed by atoms with Gasteiger partial charge in [0, 0.05) is 6.54 Å². The lowest BCUT2D eigenvalue weighted by atomic mass is 10.0. The zero-order valence-corrected chi connectivity index (χ0v) is 6.67. The summed E-state index contributed by atoms with van der Waals surface area (Å²) in [7, 11) is 2.05. The molecule has 58 valence electrons. The summed E-state index contributed by atoms with van der Waals surface area (Å²) in [5, 5.41) is 8.95. The summed E-state index contributed by atoms with van der Waals surface area (Å²) in [6.07, 6.45) is 3.33. The Morgan fingerprint density at radius 3 is 2.90 bits per heavy atom. The van der Waals surface area contributed by atoms with Crippen LogP contribution in [-0.2, 0) is 0 Å². The second-order valence-corrected chi connectivity index (χ2v) is 2.92. The number of rotatable bonds is 1. The van der Waals surface area contributed by atoms with Crippen molar-refractivity contribution < 1.29 is 5.11 Å². The first kappa shape index (κ1) is 7.76. The van der Waals surface area contributed by atoms with Gasteiger partial charge in [-0.25, -0.2) is 0 Å². The van der Waals surface area contributed by atoms with Gasteiger partial charge in [-0.3, -0.25) is 4.90 Å². The molecule has 0 aromatic heterocycles. The molecule has 2 heteroatoms. The van der Waals surface area contributed by atoms with Crippen molar-refractivity contribution in [2.45, 2.75) is 19.4 Å². The van der Waals surface area contributed by atoms with Gasteiger partial charge in [0.25, 0.3) is 0 Å². The largest absolute Gasteiger partial charge is 0.394 e. The average molecular weight is 141 g/mol. The second-order valence-electron chi connectivity index (χ2n) is 2.92. The van der Waals surface area contributed by atoms with E-state index in [1.807, 2.05) is 0 Å². The van der Waals surface area contributed by atoms with E-state index in [9.17, 15) is 0 Å². The lowest BCUT2D eigenvalue weighted by molar-refractivity contribution is 0.164. The van der Waals surface area contributed by atoms with Crippen molar-refractivity contribution in [3.8, 4) is 0 Å². The Hall–Kier alpha value is -0.340. The zero-order valence-electron chi connectivity index (χ0n) is 6.67. The molecule has 0 spiro atoms. The van der Waals surface area contributed by atoms with Gasteiger partial charge in [-0.2, -0.15) is 0 Å². The lowest BCUT2D eigenvalue weighted by Gasteiger charge is -2.30. The van der Waals surface area contributed by atoms with Crippen molar-refractivity contribution in [2.24, 2.45) is 0 Å². The van der Waals surface area contributed by atoms with E-state index in [1.165, 1.54) is 5.57 Å². The molecule has 0 aromatic rings. The van der Waals surface area contributed by atoms with Crippen LogP contribution in [0.4, 0.5) is 0 Å². The second kappa shape index (κ2) is 3.17. The quantitative estimate of drug-likeness (QED) is 0.541. The van der Waals surface area contributed by atoms with Crippen LogP contribution in [0, 0.1) is 0 Å². The Morgan fingerprint density at radius 2 is 2.50 bits per heavy atom. The molecule has 1 heterocycles. The fourth-order valence-corrected chi connectivity index (χ4v) is 1.42. The van der Waals surface area contributed by atoms with Crippen LogP contribution in [0.2, 0.25) is 0 Å². The Morgan fingerprint density at radius 1 is 1.80 bits per heavy atom. The maximum Gasteiger partial charge on any atom is 0.0625 e. The SMILES string of the molecule is CC1=CCCN(C)C1CO. The minimum absolute atomic E-state index is 0.249. The summed E-state index contributed by atoms with van der Waals surface area (Å²) in [4.78, 5) is 2.19. The van der Waals surface area contributed by atoms with Crippen molar-refractivity contribution in [2.75, 3.05) is 20.2 Å². The van der Waals surface area contributed by atoms with Crippen molar-refractivity contribution in [1.82, 2.24) is 4.90 Å². The summed E-state index contributed by atoms with van der Waals surface area (Å²) in [6, 6.07) is 0.272. The van der Waals surface area contributed by atoms with Gasteiger partial charge in [0.05, 0.1) is 12.6 Å². The summed E-state index contributed by atoms with van der Waals surface area (Å²) >= 11 is 0. The molecule has 2 nitrogen and oxygen atoms in total. The van der Waals surface area contributed by atoms with Gasteiger partial charge in [0.1, 0.15) is 0 Å². The number of nitrogens with zero attached hydrogens (tertiary/aromatic N) is 1. The van der Waals surface area contributed by atoms with E-state index in [1.54, 1.807) is 0 Å². The standard InChI is InChI=1S/C8H15NO/c1-7-4-3-5-9(2)8(7)6-10/h4,8,10H,3,5-6H2,1-2H3. The molecule has 1 aliphatic rings. The normalized spacial score (nSPS) is 28.3. The Bertz CT molecular complexity index is 142. The molecule has 0 bridgehead atoms. The molecule has 1 rings (SSSR count). The first-order valence-corrected chi connectivity index (χ1v) is 3.73. The topological polar surface area (TPSA) is 23.5 Å². The highest BCUT2D eigenvalue weighted by atomic mass is 16.3. The fourth-order valence-electron chi connectivity index (χ4n) is 1.42. The number of aliphatic hydroxyl groups is 1. The molecular formula is C8H15NO. The number of likely N-dealkylation sites (N-methyl/N-ethyl adjacent to an activating group) is 1. The predicted octanol–water partition coefficient (Wildman–Crippen LogP) is 0.629. The molecule has 1 N–H and O–H groups in total. The highest BCUT2D eigenvalue weighted by Crippen LogP contribution is 2.14. The van der Waals surface area contributed by atoms with Crippen LogP contribution >= 0.6 is 0 Å². The molecular weight excluding hydrogens is 126 g/mol. The van der Waals surface area contributed by atoms with Crippen LogP contribution in [0.3, 0.4) is 0 Å². The first-order valence-electron chi connectivity index (χ1n) is 3.73. The number of hydrogen-bond donors (Lipinski definition) is 1. The third kappa shape index (κ3) is 1.39. The Labute approximate surface area is 62.2 Å². The van der Waals surface area contributed by atoms with Gasteiger partial charge in [0.15, 0.2) is 0 Å². The van der Waals surface area contributed by atoms with E-state index in [4.69, 9.17) is 5.11 Å². The molecule has 0 fully saturated rings. The van der Waals surface area contributed by atoms with Gasteiger partial charge in [-0.15, -0.1) is 0 Å². The molecule has 0 aromatic carbocycles. The highest BCUT2D eigenvalue weighted by molar-refractivity contribution is 5.11. The van der Waals surface area contributed by atoms with Gasteiger partial charge >= 0.3 is 0 Å². The van der Waals surface area contributed by atoms with Crippen LogP contribution in [0.1, 0.15) is 13.3 Å². The maximum absolute atomic E-state index is 8.95. The summed E-state index contributed by atoms with van der Waals surface area (Å²) in [6.45, 7) is 3.40. The maximum atomic E-state index is 8.95. The van der Waals surface area contributed by atoms with Gasteiger partial charge in [0.2, 0.25) is 0 Å². The molecule has 1 aliphatic heterocycles. The molecule has 0 saturated heterocycles. The summed E-state index contributed by atoms with van der Waals surface area (Å²) in [5.74, 6) is 0. The molecule has 0 amide bonds. The van der Waals surface area contributed by atoms with Gasteiger partial charge in [-0.05, 0) is 20.4 Å². The molecule has 0 saturated carbocycles. The van der Waals surface area contributed by atoms with Crippen LogP contribution in [-0.4, -0.2) is 36.2 Å². The summed E-state index contributed by atoms with van der Waals surface area (Å²) in [5.41, 5.74) is 1.30. The highest BCUT2D eigenvalue weighted by Gasteiger charge is 2.17. The lowest BCUT2D eigenvalue weighted by Crippen LogP contribution is -2.38. The van der Waals surface area contributed by atoms with E-state index < -0.39 is 0 Å². The monoisotopic (exact) mass is 141 g/mol. The number of aliphatic hydroxyl groups excluding tert-OH is 1. The van der Waals surface area contributed by atoms with E-state index in [0.29, 0.717) is 0 Å². The van der Waals surface area contributed by atoms with E-state index in [0.717, 1.165) is 13.0 Å². The van der Waals surface area contributed by atoms with Crippen molar-refractivity contribution in [3.05, 3.63) is 11.6 Å². The Kier molecular flexibility index (Phi) is 2.46. The molecule has 0 aliphatic carbocycles. The molecule has 1 atom stereocenters. The zero-order chi connectivity index (χ0) is 7.56. The number of hydrogen-bond acceptors (Lipinski definition) is 2. The van der Waals surface area contributed by atoms with Crippen molar-refractivity contribution in [3.63, 3.8) is 0 Å². The Balaban J connectivity index is 2.63. The minimum Gasteiger partial charge on any atom is -0.394 e. The molecule has 0 radical (unpaired) electrons. The van der Waals surface area contributed by atoms with Crippen LogP contribution in [0.25, 0.3) is 0 Å². The van der Waals surface area contributed by atoms with Crippen LogP contribution in [0.15, 0.2) is 11.6 Å². The van der Waals surface area contributed by atoms with Crippen molar-refractivity contribution in [1.29, 1.82) is 0 Å². The summed E-state index contributed by atoms with van der Waals surface area (Å²) < 4.78 is 0. The van der Waals surface area contributed by atoms with Crippen LogP contribution in [0.5, 0.6) is 0 Å². The third-order valence-corrected chi connectivity index (χ3v) is 2.18. The van der Waals surface area contributed by atoms with E-state index in [-0.39, 0.29) is 12.6 Å². The third-order valence-electron chi connectivity index (χ3n) is 2.18. The first-order chi connectivity index (χ1) is 4.75. The smallest absolute Gasteiger partial charge is 0.0625 e. The molecule has 10 heavy (non-hydrogen) atoms. The fraction of sp³-hybridized carbons (Fsp3) is 0.750. The minimum atomic E-state index is 0.249. The average Bonchev–Trinajstić information content (AvgIpc) is 1.88.